The van der Waals surface area contributed by atoms with Gasteiger partial charge in [-0.25, -0.2) is 0 Å². The summed E-state index contributed by atoms with van der Waals surface area (Å²) >= 11 is 0. The van der Waals surface area contributed by atoms with E-state index in [1.54, 1.807) is 6.07 Å². The first-order valence-corrected chi connectivity index (χ1v) is 7.43. The number of halogens is 3. The highest BCUT2D eigenvalue weighted by atomic mass is 19.4. The monoisotopic (exact) mass is 319 g/mol. The number of hydrogen-bond acceptors (Lipinski definition) is 3. The highest BCUT2D eigenvalue weighted by Gasteiger charge is 2.34. The van der Waals surface area contributed by atoms with Crippen molar-refractivity contribution in [3.8, 4) is 0 Å². The second-order valence-electron chi connectivity index (χ2n) is 5.61. The SMILES string of the molecule is O=C(c1cc(C2CCCCC2)[nH]n1)N(CCO)CC(F)(F)F. The summed E-state index contributed by atoms with van der Waals surface area (Å²) < 4.78 is 37.5. The van der Waals surface area contributed by atoms with Crippen LogP contribution in [0.1, 0.15) is 54.2 Å². The standard InChI is InChI=1S/C14H20F3N3O2/c15-14(16,17)9-20(6-7-21)13(22)12-8-11(18-19-12)10-4-2-1-3-5-10/h8,10,21H,1-7,9H2,(H,18,19). The van der Waals surface area contributed by atoms with Crippen molar-refractivity contribution in [2.45, 2.75) is 44.2 Å². The van der Waals surface area contributed by atoms with Crippen LogP contribution in [0.5, 0.6) is 0 Å². The zero-order valence-corrected chi connectivity index (χ0v) is 12.2. The quantitative estimate of drug-likeness (QED) is 0.876. The van der Waals surface area contributed by atoms with E-state index in [0.717, 1.165) is 31.4 Å². The average molecular weight is 319 g/mol. The van der Waals surface area contributed by atoms with Crippen molar-refractivity contribution in [3.63, 3.8) is 0 Å². The minimum Gasteiger partial charge on any atom is -0.395 e. The van der Waals surface area contributed by atoms with Crippen molar-refractivity contribution in [1.82, 2.24) is 15.1 Å². The van der Waals surface area contributed by atoms with Gasteiger partial charge < -0.3 is 10.0 Å². The summed E-state index contributed by atoms with van der Waals surface area (Å²) in [4.78, 5) is 12.7. The molecular formula is C14H20F3N3O2. The lowest BCUT2D eigenvalue weighted by Crippen LogP contribution is -2.40. The van der Waals surface area contributed by atoms with E-state index < -0.39 is 25.2 Å². The lowest BCUT2D eigenvalue weighted by molar-refractivity contribution is -0.141. The lowest BCUT2D eigenvalue weighted by Gasteiger charge is -2.22. The minimum absolute atomic E-state index is 0.0294. The van der Waals surface area contributed by atoms with Crippen molar-refractivity contribution in [1.29, 1.82) is 0 Å². The van der Waals surface area contributed by atoms with E-state index in [4.69, 9.17) is 5.11 Å². The van der Waals surface area contributed by atoms with Gasteiger partial charge >= 0.3 is 6.18 Å². The van der Waals surface area contributed by atoms with Gasteiger partial charge in [0.2, 0.25) is 0 Å². The molecule has 1 aromatic rings. The first kappa shape index (κ1) is 16.8. The second kappa shape index (κ2) is 7.13. The van der Waals surface area contributed by atoms with Gasteiger partial charge in [-0.1, -0.05) is 19.3 Å². The number of amides is 1. The van der Waals surface area contributed by atoms with Crippen LogP contribution in [-0.2, 0) is 0 Å². The lowest BCUT2D eigenvalue weighted by atomic mass is 9.87. The molecule has 1 saturated carbocycles. The van der Waals surface area contributed by atoms with E-state index in [1.807, 2.05) is 0 Å². The Morgan fingerprint density at radius 2 is 2.05 bits per heavy atom. The van der Waals surface area contributed by atoms with Gasteiger partial charge in [0.15, 0.2) is 0 Å². The normalized spacial score (nSPS) is 16.7. The van der Waals surface area contributed by atoms with Gasteiger partial charge in [-0.3, -0.25) is 9.89 Å². The van der Waals surface area contributed by atoms with Gasteiger partial charge in [0.05, 0.1) is 6.61 Å². The molecule has 1 aliphatic rings. The highest BCUT2D eigenvalue weighted by molar-refractivity contribution is 5.92. The van der Waals surface area contributed by atoms with Crippen molar-refractivity contribution in [2.75, 3.05) is 19.7 Å². The Kier molecular flexibility index (Phi) is 5.44. The zero-order valence-electron chi connectivity index (χ0n) is 12.2. The Balaban J connectivity index is 2.08. The molecule has 0 unspecified atom stereocenters. The molecule has 124 valence electrons. The molecule has 0 saturated heterocycles. The van der Waals surface area contributed by atoms with Gasteiger partial charge in [-0.05, 0) is 18.9 Å². The number of nitrogens with zero attached hydrogens (tertiary/aromatic N) is 2. The van der Waals surface area contributed by atoms with Crippen LogP contribution < -0.4 is 0 Å². The van der Waals surface area contributed by atoms with E-state index in [9.17, 15) is 18.0 Å². The van der Waals surface area contributed by atoms with E-state index in [1.165, 1.54) is 6.42 Å². The highest BCUT2D eigenvalue weighted by Crippen LogP contribution is 2.31. The van der Waals surface area contributed by atoms with Crippen LogP contribution in [-0.4, -0.2) is 52.0 Å². The van der Waals surface area contributed by atoms with E-state index in [0.29, 0.717) is 4.90 Å². The summed E-state index contributed by atoms with van der Waals surface area (Å²) in [7, 11) is 0. The Morgan fingerprint density at radius 1 is 1.36 bits per heavy atom. The van der Waals surface area contributed by atoms with E-state index in [2.05, 4.69) is 10.2 Å². The number of H-pyrrole nitrogens is 1. The van der Waals surface area contributed by atoms with Crippen LogP contribution >= 0.6 is 0 Å². The number of rotatable bonds is 5. The fourth-order valence-electron chi connectivity index (χ4n) is 2.82. The molecule has 1 aromatic heterocycles. The zero-order chi connectivity index (χ0) is 16.2. The first-order chi connectivity index (χ1) is 10.4. The summed E-state index contributed by atoms with van der Waals surface area (Å²) in [5.41, 5.74) is 0.775. The number of carbonyl (C=O) groups is 1. The summed E-state index contributed by atoms with van der Waals surface area (Å²) in [5.74, 6) is -0.526. The Bertz CT molecular complexity index is 496. The van der Waals surface area contributed by atoms with Gasteiger partial charge in [-0.2, -0.15) is 18.3 Å². The third-order valence-corrected chi connectivity index (χ3v) is 3.89. The average Bonchev–Trinajstić information content (AvgIpc) is 2.95. The van der Waals surface area contributed by atoms with Crippen LogP contribution in [0.3, 0.4) is 0 Å². The van der Waals surface area contributed by atoms with Crippen LogP contribution in [0.15, 0.2) is 6.07 Å². The summed E-state index contributed by atoms with van der Waals surface area (Å²) in [6, 6.07) is 1.54. The van der Waals surface area contributed by atoms with Crippen molar-refractivity contribution in [2.24, 2.45) is 0 Å². The number of alkyl halides is 3. The molecule has 1 aliphatic carbocycles. The maximum Gasteiger partial charge on any atom is 0.406 e. The van der Waals surface area contributed by atoms with Crippen molar-refractivity contribution < 1.29 is 23.1 Å². The molecule has 0 aliphatic heterocycles. The molecule has 22 heavy (non-hydrogen) atoms. The summed E-state index contributed by atoms with van der Waals surface area (Å²) in [6.45, 7) is -2.29. The molecule has 0 spiro atoms. The number of carbonyl (C=O) groups excluding carboxylic acids is 1. The third kappa shape index (κ3) is 4.46. The fourth-order valence-corrected chi connectivity index (χ4v) is 2.82. The van der Waals surface area contributed by atoms with Gasteiger partial charge in [0.1, 0.15) is 12.2 Å². The molecule has 0 bridgehead atoms. The second-order valence-corrected chi connectivity index (χ2v) is 5.61. The molecule has 2 N–H and O–H groups in total. The molecule has 0 radical (unpaired) electrons. The van der Waals surface area contributed by atoms with E-state index in [-0.39, 0.29) is 18.2 Å². The molecule has 0 atom stereocenters. The number of aromatic nitrogens is 2. The smallest absolute Gasteiger partial charge is 0.395 e. The number of aliphatic hydroxyl groups is 1. The Labute approximate surface area is 126 Å². The number of aromatic amines is 1. The van der Waals surface area contributed by atoms with Gasteiger partial charge in [0, 0.05) is 18.2 Å². The van der Waals surface area contributed by atoms with Gasteiger partial charge in [0.25, 0.3) is 5.91 Å². The molecule has 8 heteroatoms. The summed E-state index contributed by atoms with van der Waals surface area (Å²) in [5, 5.41) is 15.5. The molecule has 0 aromatic carbocycles. The molecule has 1 heterocycles. The van der Waals surface area contributed by atoms with Crippen LogP contribution in [0.4, 0.5) is 13.2 Å². The number of hydrogen-bond donors (Lipinski definition) is 2. The van der Waals surface area contributed by atoms with Crippen LogP contribution in [0.25, 0.3) is 0 Å². The molecule has 5 nitrogen and oxygen atoms in total. The molecule has 1 fully saturated rings. The minimum atomic E-state index is -4.51. The van der Waals surface area contributed by atoms with Crippen molar-refractivity contribution >= 4 is 5.91 Å². The largest absolute Gasteiger partial charge is 0.406 e. The number of aliphatic hydroxyl groups excluding tert-OH is 1. The van der Waals surface area contributed by atoms with Crippen molar-refractivity contribution in [3.05, 3.63) is 17.5 Å². The maximum atomic E-state index is 12.5. The molecular weight excluding hydrogens is 299 g/mol. The van der Waals surface area contributed by atoms with Crippen LogP contribution in [0.2, 0.25) is 0 Å². The predicted molar refractivity (Wildman–Crippen MR) is 73.5 cm³/mol. The van der Waals surface area contributed by atoms with E-state index >= 15 is 0 Å². The third-order valence-electron chi connectivity index (χ3n) is 3.89. The maximum absolute atomic E-state index is 12.5. The summed E-state index contributed by atoms with van der Waals surface area (Å²) in [6.07, 6.45) is 0.895. The fraction of sp³-hybridized carbons (Fsp3) is 0.714. The molecule has 2 rings (SSSR count). The topological polar surface area (TPSA) is 69.2 Å². The predicted octanol–water partition coefficient (Wildman–Crippen LogP) is 2.45. The first-order valence-electron chi connectivity index (χ1n) is 7.43. The Hall–Kier alpha value is -1.57. The van der Waals surface area contributed by atoms with Crippen LogP contribution in [0, 0.1) is 0 Å². The van der Waals surface area contributed by atoms with Gasteiger partial charge in [-0.15, -0.1) is 0 Å². The number of nitrogens with one attached hydrogen (secondary N) is 1. The Morgan fingerprint density at radius 3 is 2.64 bits per heavy atom. The molecule has 1 amide bonds.